The number of aliphatic hydroxyl groups excluding tert-OH is 1. The van der Waals surface area contributed by atoms with Crippen LogP contribution < -0.4 is 0 Å². The topological polar surface area (TPSA) is 127 Å². The number of aliphatic hydroxyl groups is 1. The standard InChI is InChI=1S/C26H27ClN6O3/c1-15(10-21(35)24-23(27)16(29-14-30-24)8-6-5-7-9-34)22-12-19(33-36-22)17-11-18-20(31-17)13-28-25(32-18)26(2,3)4/h12-15,34H,5,7,9-11H2,1-4H3/t15-/m0/s1. The van der Waals surface area contributed by atoms with Gasteiger partial charge in [0.2, 0.25) is 0 Å². The van der Waals surface area contributed by atoms with Gasteiger partial charge >= 0.3 is 0 Å². The Bertz CT molecular complexity index is 1380. The van der Waals surface area contributed by atoms with Crippen LogP contribution in [0.2, 0.25) is 5.02 Å². The molecule has 36 heavy (non-hydrogen) atoms. The van der Waals surface area contributed by atoms with Crippen LogP contribution in [0.25, 0.3) is 0 Å². The zero-order valence-electron chi connectivity index (χ0n) is 20.7. The van der Waals surface area contributed by atoms with Gasteiger partial charge in [-0.25, -0.2) is 24.9 Å². The van der Waals surface area contributed by atoms with Gasteiger partial charge in [-0.15, -0.1) is 0 Å². The van der Waals surface area contributed by atoms with Crippen molar-refractivity contribution in [1.29, 1.82) is 0 Å². The van der Waals surface area contributed by atoms with Crippen LogP contribution in [0.5, 0.6) is 0 Å². The number of fused-ring (bicyclic) bond motifs is 1. The molecule has 0 amide bonds. The number of unbranched alkanes of at least 4 members (excludes halogenated alkanes) is 1. The summed E-state index contributed by atoms with van der Waals surface area (Å²) in [4.78, 5) is 34.8. The Kier molecular flexibility index (Phi) is 7.57. The number of rotatable bonds is 7. The zero-order valence-corrected chi connectivity index (χ0v) is 21.4. The van der Waals surface area contributed by atoms with E-state index in [9.17, 15) is 4.79 Å². The summed E-state index contributed by atoms with van der Waals surface area (Å²) in [7, 11) is 0. The van der Waals surface area contributed by atoms with Crippen LogP contribution in [0.3, 0.4) is 0 Å². The van der Waals surface area contributed by atoms with Gasteiger partial charge < -0.3 is 9.63 Å². The maximum atomic E-state index is 12.9. The molecule has 0 fully saturated rings. The van der Waals surface area contributed by atoms with E-state index in [1.165, 1.54) is 6.33 Å². The Morgan fingerprint density at radius 2 is 2.08 bits per heavy atom. The number of Topliss-reactive ketones (excluding diaryl/α,β-unsaturated/α-hetero) is 1. The second-order valence-electron chi connectivity index (χ2n) is 9.67. The van der Waals surface area contributed by atoms with E-state index >= 15 is 0 Å². The van der Waals surface area contributed by atoms with Gasteiger partial charge in [0.1, 0.15) is 45.7 Å². The second-order valence-corrected chi connectivity index (χ2v) is 10.0. The number of aliphatic imine (C=N–C) groups is 1. The monoisotopic (exact) mass is 506 g/mol. The van der Waals surface area contributed by atoms with Crippen molar-refractivity contribution in [1.82, 2.24) is 25.1 Å². The van der Waals surface area contributed by atoms with E-state index in [0.29, 0.717) is 36.4 Å². The number of carbonyl (C=O) groups is 1. The van der Waals surface area contributed by atoms with Crippen molar-refractivity contribution in [3.63, 3.8) is 0 Å². The Labute approximate surface area is 214 Å². The first-order chi connectivity index (χ1) is 17.2. The third kappa shape index (κ3) is 5.66. The van der Waals surface area contributed by atoms with Gasteiger partial charge in [-0.2, -0.15) is 0 Å². The fraction of sp³-hybridized carbons (Fsp3) is 0.423. The smallest absolute Gasteiger partial charge is 0.183 e. The summed E-state index contributed by atoms with van der Waals surface area (Å²) >= 11 is 6.36. The Hall–Kier alpha value is -3.48. The number of hydrogen-bond acceptors (Lipinski definition) is 9. The van der Waals surface area contributed by atoms with E-state index in [4.69, 9.17) is 21.2 Å². The molecule has 0 aromatic carbocycles. The van der Waals surface area contributed by atoms with Crippen LogP contribution in [-0.4, -0.2) is 48.3 Å². The summed E-state index contributed by atoms with van der Waals surface area (Å²) in [5, 5.41) is 13.2. The lowest BCUT2D eigenvalue weighted by molar-refractivity contribution is 0.0966. The fourth-order valence-electron chi connectivity index (χ4n) is 3.58. The normalized spacial score (nSPS) is 13.6. The van der Waals surface area contributed by atoms with Crippen LogP contribution in [0.4, 0.5) is 5.69 Å². The average Bonchev–Trinajstić information content (AvgIpc) is 3.49. The van der Waals surface area contributed by atoms with Crippen LogP contribution in [0.1, 0.15) is 92.0 Å². The summed E-state index contributed by atoms with van der Waals surface area (Å²) in [6.07, 6.45) is 4.74. The van der Waals surface area contributed by atoms with Crippen molar-refractivity contribution < 1.29 is 14.4 Å². The largest absolute Gasteiger partial charge is 0.396 e. The molecular weight excluding hydrogens is 480 g/mol. The first-order valence-electron chi connectivity index (χ1n) is 11.7. The summed E-state index contributed by atoms with van der Waals surface area (Å²) < 4.78 is 5.55. The van der Waals surface area contributed by atoms with Crippen molar-refractivity contribution in [2.75, 3.05) is 6.61 Å². The second kappa shape index (κ2) is 10.6. The minimum Gasteiger partial charge on any atom is -0.396 e. The third-order valence-corrected chi connectivity index (χ3v) is 5.99. The summed E-state index contributed by atoms with van der Waals surface area (Å²) in [5.74, 6) is 6.54. The van der Waals surface area contributed by atoms with Gasteiger partial charge in [0.25, 0.3) is 0 Å². The molecule has 4 heterocycles. The van der Waals surface area contributed by atoms with E-state index in [-0.39, 0.29) is 40.9 Å². The molecule has 0 bridgehead atoms. The number of ketones is 1. The Morgan fingerprint density at radius 3 is 2.83 bits per heavy atom. The zero-order chi connectivity index (χ0) is 25.9. The van der Waals surface area contributed by atoms with E-state index in [1.807, 2.05) is 6.92 Å². The third-order valence-electron chi connectivity index (χ3n) is 5.63. The first-order valence-corrected chi connectivity index (χ1v) is 12.1. The van der Waals surface area contributed by atoms with Crippen molar-refractivity contribution in [3.05, 3.63) is 58.0 Å². The maximum absolute atomic E-state index is 12.9. The molecule has 186 valence electrons. The minimum atomic E-state index is -0.263. The number of aromatic nitrogens is 5. The van der Waals surface area contributed by atoms with E-state index < -0.39 is 0 Å². The van der Waals surface area contributed by atoms with Gasteiger partial charge in [0, 0.05) is 43.3 Å². The van der Waals surface area contributed by atoms with Crippen LogP contribution in [0.15, 0.2) is 28.1 Å². The molecule has 0 radical (unpaired) electrons. The number of nitrogens with zero attached hydrogens (tertiary/aromatic N) is 6. The van der Waals surface area contributed by atoms with Crippen LogP contribution in [-0.2, 0) is 11.8 Å². The highest BCUT2D eigenvalue weighted by Gasteiger charge is 2.26. The van der Waals surface area contributed by atoms with Crippen molar-refractivity contribution >= 4 is 28.8 Å². The molecule has 0 unspecified atom stereocenters. The van der Waals surface area contributed by atoms with E-state index in [0.717, 1.165) is 22.9 Å². The molecule has 10 heteroatoms. The molecule has 1 atom stereocenters. The molecule has 3 aromatic rings. The van der Waals surface area contributed by atoms with Crippen LogP contribution in [0, 0.1) is 11.8 Å². The predicted octanol–water partition coefficient (Wildman–Crippen LogP) is 4.38. The van der Waals surface area contributed by atoms with Gasteiger partial charge in [0.15, 0.2) is 5.78 Å². The molecule has 4 rings (SSSR count). The number of halogens is 1. The highest BCUT2D eigenvalue weighted by Crippen LogP contribution is 2.30. The highest BCUT2D eigenvalue weighted by atomic mass is 35.5. The predicted molar refractivity (Wildman–Crippen MR) is 135 cm³/mol. The molecule has 0 spiro atoms. The molecule has 0 aliphatic carbocycles. The summed E-state index contributed by atoms with van der Waals surface area (Å²) in [6, 6.07) is 1.81. The van der Waals surface area contributed by atoms with Gasteiger partial charge in [-0.3, -0.25) is 4.79 Å². The molecule has 1 aliphatic rings. The van der Waals surface area contributed by atoms with E-state index in [1.54, 1.807) is 12.3 Å². The summed E-state index contributed by atoms with van der Waals surface area (Å²) in [6.45, 7) is 8.14. The molecule has 1 N–H and O–H groups in total. The molecular formula is C26H27ClN6O3. The Morgan fingerprint density at radius 1 is 1.28 bits per heavy atom. The van der Waals surface area contributed by atoms with Crippen molar-refractivity contribution in [3.8, 4) is 11.8 Å². The van der Waals surface area contributed by atoms with Gasteiger partial charge in [0.05, 0.1) is 17.6 Å². The molecule has 3 aromatic heterocycles. The lowest BCUT2D eigenvalue weighted by Gasteiger charge is -2.16. The molecule has 9 nitrogen and oxygen atoms in total. The van der Waals surface area contributed by atoms with Gasteiger partial charge in [-0.05, 0) is 12.3 Å². The molecule has 0 saturated carbocycles. The maximum Gasteiger partial charge on any atom is 0.183 e. The minimum absolute atomic E-state index is 0.0592. The quantitative estimate of drug-likeness (QED) is 0.284. The van der Waals surface area contributed by atoms with Crippen molar-refractivity contribution in [2.24, 2.45) is 4.99 Å². The Balaban J connectivity index is 1.44. The lowest BCUT2D eigenvalue weighted by atomic mass is 9.95. The number of hydrogen-bond donors (Lipinski definition) is 1. The average molecular weight is 507 g/mol. The molecule has 0 saturated heterocycles. The van der Waals surface area contributed by atoms with Crippen molar-refractivity contribution in [2.45, 2.75) is 64.7 Å². The SMILES string of the molecule is C[C@@H](CC(=O)c1ncnc(C#CCCCO)c1Cl)c1cc(C2=Nc3cnc(C(C)(C)C)nc3C2)no1. The summed E-state index contributed by atoms with van der Waals surface area (Å²) in [5.41, 5.74) is 3.22. The first kappa shape index (κ1) is 25.6. The van der Waals surface area contributed by atoms with Crippen LogP contribution >= 0.6 is 11.6 Å². The number of carbonyl (C=O) groups excluding carboxylic acids is 1. The highest BCUT2D eigenvalue weighted by molar-refractivity contribution is 6.34. The molecule has 1 aliphatic heterocycles. The van der Waals surface area contributed by atoms with Gasteiger partial charge in [-0.1, -0.05) is 50.4 Å². The fourth-order valence-corrected chi connectivity index (χ4v) is 3.84. The van der Waals surface area contributed by atoms with E-state index in [2.05, 4.69) is 62.7 Å². The lowest BCUT2D eigenvalue weighted by Crippen LogP contribution is -2.16.